The van der Waals surface area contributed by atoms with Crippen LogP contribution in [0, 0.1) is 0 Å². The number of hydrogen-bond donors (Lipinski definition) is 2. The Kier molecular flexibility index (Phi) is 4.86. The van der Waals surface area contributed by atoms with E-state index < -0.39 is 30.4 Å². The standard InChI is InChI=1S/C12H18O5/c1-4-8(13)9(14)6-7(3)16-12(15)11-10(5-2)17-11/h4-5,7-11,13-14H,1-2,6H2,3H3/t7-,8+,9-,10-,11-/m1/s1. The van der Waals surface area contributed by atoms with E-state index in [4.69, 9.17) is 9.47 Å². The van der Waals surface area contributed by atoms with Gasteiger partial charge < -0.3 is 19.7 Å². The van der Waals surface area contributed by atoms with Crippen LogP contribution in [0.1, 0.15) is 13.3 Å². The second kappa shape index (κ2) is 5.95. The Morgan fingerprint density at radius 2 is 2.18 bits per heavy atom. The topological polar surface area (TPSA) is 79.3 Å². The molecule has 5 heteroatoms. The van der Waals surface area contributed by atoms with Crippen molar-refractivity contribution in [2.45, 2.75) is 43.9 Å². The first-order chi connectivity index (χ1) is 7.99. The monoisotopic (exact) mass is 242 g/mol. The minimum Gasteiger partial charge on any atom is -0.461 e. The van der Waals surface area contributed by atoms with Gasteiger partial charge in [0.1, 0.15) is 12.2 Å². The largest absolute Gasteiger partial charge is 0.461 e. The average Bonchev–Trinajstić information content (AvgIpc) is 3.06. The summed E-state index contributed by atoms with van der Waals surface area (Å²) >= 11 is 0. The first-order valence-electron chi connectivity index (χ1n) is 5.46. The third kappa shape index (κ3) is 3.96. The lowest BCUT2D eigenvalue weighted by atomic mass is 10.1. The van der Waals surface area contributed by atoms with Gasteiger partial charge in [-0.05, 0) is 6.92 Å². The molecule has 1 aliphatic heterocycles. The summed E-state index contributed by atoms with van der Waals surface area (Å²) in [6.07, 6.45) is -0.440. The van der Waals surface area contributed by atoms with Crippen molar-refractivity contribution in [3.63, 3.8) is 0 Å². The van der Waals surface area contributed by atoms with Gasteiger partial charge in [-0.15, -0.1) is 13.2 Å². The number of aliphatic hydroxyl groups excluding tert-OH is 2. The molecule has 1 rings (SSSR count). The highest BCUT2D eigenvalue weighted by Gasteiger charge is 2.44. The molecule has 0 amide bonds. The van der Waals surface area contributed by atoms with Crippen molar-refractivity contribution in [2.75, 3.05) is 0 Å². The molecular weight excluding hydrogens is 224 g/mol. The van der Waals surface area contributed by atoms with Gasteiger partial charge >= 0.3 is 5.97 Å². The summed E-state index contributed by atoms with van der Waals surface area (Å²) in [6.45, 7) is 8.50. The van der Waals surface area contributed by atoms with Crippen LogP contribution in [0.4, 0.5) is 0 Å². The molecule has 1 saturated heterocycles. The molecule has 5 atom stereocenters. The van der Waals surface area contributed by atoms with E-state index in [9.17, 15) is 15.0 Å². The predicted octanol–water partition coefficient (Wildman–Crippen LogP) is 0.169. The average molecular weight is 242 g/mol. The van der Waals surface area contributed by atoms with E-state index in [1.165, 1.54) is 12.2 Å². The zero-order valence-corrected chi connectivity index (χ0v) is 9.78. The van der Waals surface area contributed by atoms with Gasteiger partial charge in [0, 0.05) is 6.42 Å². The molecule has 17 heavy (non-hydrogen) atoms. The summed E-state index contributed by atoms with van der Waals surface area (Å²) in [5.41, 5.74) is 0. The number of epoxide rings is 1. The number of hydrogen-bond acceptors (Lipinski definition) is 5. The number of carbonyl (C=O) groups is 1. The van der Waals surface area contributed by atoms with Crippen molar-refractivity contribution in [1.29, 1.82) is 0 Å². The van der Waals surface area contributed by atoms with Crippen LogP contribution in [0.2, 0.25) is 0 Å². The molecule has 96 valence electrons. The van der Waals surface area contributed by atoms with E-state index in [1.54, 1.807) is 6.92 Å². The minimum absolute atomic E-state index is 0.143. The van der Waals surface area contributed by atoms with Crippen molar-refractivity contribution in [2.24, 2.45) is 0 Å². The van der Waals surface area contributed by atoms with Crippen LogP contribution < -0.4 is 0 Å². The molecule has 0 unspecified atom stereocenters. The maximum atomic E-state index is 11.4. The highest BCUT2D eigenvalue weighted by atomic mass is 16.6. The zero-order chi connectivity index (χ0) is 13.0. The molecule has 1 heterocycles. The molecule has 0 bridgehead atoms. The molecule has 0 aliphatic carbocycles. The Balaban J connectivity index is 2.29. The van der Waals surface area contributed by atoms with Crippen molar-refractivity contribution < 1.29 is 24.5 Å². The van der Waals surface area contributed by atoms with E-state index in [0.29, 0.717) is 0 Å². The van der Waals surface area contributed by atoms with Crippen LogP contribution in [0.3, 0.4) is 0 Å². The number of esters is 1. The lowest BCUT2D eigenvalue weighted by Crippen LogP contribution is -2.30. The summed E-state index contributed by atoms with van der Waals surface area (Å²) in [5, 5.41) is 18.8. The van der Waals surface area contributed by atoms with Crippen LogP contribution in [0.15, 0.2) is 25.3 Å². The quantitative estimate of drug-likeness (QED) is 0.378. The van der Waals surface area contributed by atoms with E-state index in [0.717, 1.165) is 0 Å². The van der Waals surface area contributed by atoms with Crippen molar-refractivity contribution in [3.05, 3.63) is 25.3 Å². The molecular formula is C12H18O5. The molecule has 1 aliphatic rings. The molecule has 0 aromatic heterocycles. The predicted molar refractivity (Wildman–Crippen MR) is 61.2 cm³/mol. The van der Waals surface area contributed by atoms with E-state index in [-0.39, 0.29) is 12.5 Å². The molecule has 1 fully saturated rings. The number of ether oxygens (including phenoxy) is 2. The smallest absolute Gasteiger partial charge is 0.338 e. The van der Waals surface area contributed by atoms with Crippen LogP contribution in [-0.2, 0) is 14.3 Å². The third-order valence-electron chi connectivity index (χ3n) is 2.52. The van der Waals surface area contributed by atoms with E-state index >= 15 is 0 Å². The lowest BCUT2D eigenvalue weighted by Gasteiger charge is -2.19. The SMILES string of the molecule is C=C[C@H](O)[C@H](O)C[C@@H](C)OC(=O)[C@@H]1O[C@@H]1C=C. The summed E-state index contributed by atoms with van der Waals surface area (Å²) in [5.74, 6) is -0.470. The van der Waals surface area contributed by atoms with Crippen molar-refractivity contribution >= 4 is 5.97 Å². The highest BCUT2D eigenvalue weighted by molar-refractivity contribution is 5.78. The van der Waals surface area contributed by atoms with E-state index in [2.05, 4.69) is 13.2 Å². The summed E-state index contributed by atoms with van der Waals surface area (Å²) in [4.78, 5) is 11.4. The lowest BCUT2D eigenvalue weighted by molar-refractivity contribution is -0.151. The Morgan fingerprint density at radius 1 is 1.53 bits per heavy atom. The number of carbonyl (C=O) groups excluding carboxylic acids is 1. The van der Waals surface area contributed by atoms with Gasteiger partial charge in [-0.3, -0.25) is 0 Å². The Labute approximate surface area is 100 Å². The van der Waals surface area contributed by atoms with E-state index in [1.807, 2.05) is 0 Å². The molecule has 0 aromatic carbocycles. The van der Waals surface area contributed by atoms with Crippen LogP contribution >= 0.6 is 0 Å². The Morgan fingerprint density at radius 3 is 2.65 bits per heavy atom. The molecule has 5 nitrogen and oxygen atoms in total. The van der Waals surface area contributed by atoms with Gasteiger partial charge in [-0.25, -0.2) is 4.79 Å². The molecule has 0 radical (unpaired) electrons. The van der Waals surface area contributed by atoms with Crippen LogP contribution in [0.25, 0.3) is 0 Å². The van der Waals surface area contributed by atoms with Gasteiger partial charge in [-0.1, -0.05) is 12.2 Å². The summed E-state index contributed by atoms with van der Waals surface area (Å²) in [7, 11) is 0. The molecule has 2 N–H and O–H groups in total. The maximum Gasteiger partial charge on any atom is 0.338 e. The summed E-state index contributed by atoms with van der Waals surface area (Å²) in [6, 6.07) is 0. The third-order valence-corrected chi connectivity index (χ3v) is 2.52. The van der Waals surface area contributed by atoms with Crippen molar-refractivity contribution in [3.8, 4) is 0 Å². The fraction of sp³-hybridized carbons (Fsp3) is 0.583. The number of rotatable bonds is 7. The van der Waals surface area contributed by atoms with Gasteiger partial charge in [-0.2, -0.15) is 0 Å². The van der Waals surface area contributed by atoms with Gasteiger partial charge in [0.2, 0.25) is 0 Å². The maximum absolute atomic E-state index is 11.4. The summed E-state index contributed by atoms with van der Waals surface area (Å²) < 4.78 is 10.0. The fourth-order valence-electron chi connectivity index (χ4n) is 1.44. The molecule has 0 saturated carbocycles. The van der Waals surface area contributed by atoms with Gasteiger partial charge in [0.05, 0.1) is 12.2 Å². The fourth-order valence-corrected chi connectivity index (χ4v) is 1.44. The second-order valence-electron chi connectivity index (χ2n) is 4.03. The Hall–Kier alpha value is -1.17. The Bertz CT molecular complexity index is 301. The van der Waals surface area contributed by atoms with Crippen molar-refractivity contribution in [1.82, 2.24) is 0 Å². The second-order valence-corrected chi connectivity index (χ2v) is 4.03. The first kappa shape index (κ1) is 13.9. The molecule has 0 spiro atoms. The van der Waals surface area contributed by atoms with Gasteiger partial charge in [0.25, 0.3) is 0 Å². The van der Waals surface area contributed by atoms with Crippen LogP contribution in [0.5, 0.6) is 0 Å². The molecule has 0 aromatic rings. The van der Waals surface area contributed by atoms with Gasteiger partial charge in [0.15, 0.2) is 6.10 Å². The highest BCUT2D eigenvalue weighted by Crippen LogP contribution is 2.24. The normalized spacial score (nSPS) is 27.7. The first-order valence-corrected chi connectivity index (χ1v) is 5.46. The zero-order valence-electron chi connectivity index (χ0n) is 9.78. The number of aliphatic hydroxyl groups is 2. The minimum atomic E-state index is -1.02. The van der Waals surface area contributed by atoms with Crippen LogP contribution in [-0.4, -0.2) is 46.7 Å².